The van der Waals surface area contributed by atoms with Crippen LogP contribution in [-0.2, 0) is 12.8 Å². The maximum absolute atomic E-state index is 12.6. The number of hydrogen-bond donors (Lipinski definition) is 1. The Hall–Kier alpha value is -2.15. The van der Waals surface area contributed by atoms with E-state index in [-0.39, 0.29) is 6.61 Å². The minimum atomic E-state index is -4.37. The van der Waals surface area contributed by atoms with Crippen molar-refractivity contribution >= 4 is 5.82 Å². The van der Waals surface area contributed by atoms with Gasteiger partial charge in [-0.05, 0) is 25.0 Å². The van der Waals surface area contributed by atoms with Gasteiger partial charge in [-0.1, -0.05) is 12.1 Å². The normalized spacial score (nSPS) is 15.2. The first kappa shape index (κ1) is 15.7. The van der Waals surface area contributed by atoms with Crippen LogP contribution in [0.15, 0.2) is 30.3 Å². The zero-order valence-electron chi connectivity index (χ0n) is 12.3. The Morgan fingerprint density at radius 1 is 1.04 bits per heavy atom. The highest BCUT2D eigenvalue weighted by Crippen LogP contribution is 2.31. The Labute approximate surface area is 131 Å². The van der Waals surface area contributed by atoms with Crippen LogP contribution >= 0.6 is 0 Å². The van der Waals surface area contributed by atoms with Crippen molar-refractivity contribution in [1.82, 2.24) is 9.97 Å². The monoisotopic (exact) mass is 323 g/mol. The topological polar surface area (TPSA) is 49.2 Å². The minimum Gasteiger partial charge on any atom is -0.390 e. The lowest BCUT2D eigenvalue weighted by molar-refractivity contribution is -0.137. The molecule has 3 rings (SSSR count). The van der Waals surface area contributed by atoms with E-state index < -0.39 is 11.7 Å². The molecular weight excluding hydrogens is 307 g/mol. The van der Waals surface area contributed by atoms with Crippen LogP contribution in [0.4, 0.5) is 19.0 Å². The molecule has 2 heterocycles. The van der Waals surface area contributed by atoms with Crippen molar-refractivity contribution in [1.29, 1.82) is 0 Å². The molecular formula is C16H16F3N3O. The Kier molecular flexibility index (Phi) is 4.21. The van der Waals surface area contributed by atoms with Crippen LogP contribution in [-0.4, -0.2) is 28.2 Å². The van der Waals surface area contributed by atoms with Gasteiger partial charge in [0, 0.05) is 24.7 Å². The van der Waals surface area contributed by atoms with Crippen molar-refractivity contribution in [2.24, 2.45) is 0 Å². The summed E-state index contributed by atoms with van der Waals surface area (Å²) in [5, 5.41) is 9.37. The number of hydrogen-bond acceptors (Lipinski definition) is 4. The molecule has 23 heavy (non-hydrogen) atoms. The number of benzene rings is 1. The average molecular weight is 323 g/mol. The van der Waals surface area contributed by atoms with E-state index in [1.807, 2.05) is 0 Å². The predicted molar refractivity (Wildman–Crippen MR) is 79.8 cm³/mol. The number of anilines is 1. The van der Waals surface area contributed by atoms with Crippen LogP contribution in [0, 0.1) is 0 Å². The maximum Gasteiger partial charge on any atom is 0.416 e. The summed E-state index contributed by atoms with van der Waals surface area (Å²) in [7, 11) is 0. The van der Waals surface area contributed by atoms with Crippen molar-refractivity contribution in [3.8, 4) is 11.4 Å². The van der Waals surface area contributed by atoms with Gasteiger partial charge >= 0.3 is 6.18 Å². The fourth-order valence-corrected chi connectivity index (χ4v) is 2.61. The third-order valence-electron chi connectivity index (χ3n) is 3.83. The van der Waals surface area contributed by atoms with E-state index in [0.29, 0.717) is 22.9 Å². The second kappa shape index (κ2) is 6.16. The summed E-state index contributed by atoms with van der Waals surface area (Å²) in [5.41, 5.74) is 0.241. The fourth-order valence-electron chi connectivity index (χ4n) is 2.61. The smallest absolute Gasteiger partial charge is 0.390 e. The summed E-state index contributed by atoms with van der Waals surface area (Å²) in [6, 6.07) is 6.46. The van der Waals surface area contributed by atoms with Crippen molar-refractivity contribution in [2.45, 2.75) is 25.6 Å². The van der Waals surface area contributed by atoms with Gasteiger partial charge in [-0.3, -0.25) is 0 Å². The first-order chi connectivity index (χ1) is 11.0. The van der Waals surface area contributed by atoms with Crippen LogP contribution in [0.25, 0.3) is 11.4 Å². The van der Waals surface area contributed by atoms with Crippen LogP contribution < -0.4 is 4.90 Å². The molecule has 0 bridgehead atoms. The number of aliphatic hydroxyl groups excluding tert-OH is 1. The lowest BCUT2D eigenvalue weighted by atomic mass is 10.1. The molecule has 4 nitrogen and oxygen atoms in total. The van der Waals surface area contributed by atoms with Gasteiger partial charge in [-0.2, -0.15) is 13.2 Å². The Morgan fingerprint density at radius 2 is 1.70 bits per heavy atom. The minimum absolute atomic E-state index is 0.239. The molecule has 1 fully saturated rings. The van der Waals surface area contributed by atoms with Crippen LogP contribution in [0.5, 0.6) is 0 Å². The van der Waals surface area contributed by atoms with Gasteiger partial charge in [0.05, 0.1) is 17.9 Å². The van der Waals surface area contributed by atoms with Crippen molar-refractivity contribution in [2.75, 3.05) is 18.0 Å². The molecule has 1 aliphatic rings. The van der Waals surface area contributed by atoms with Gasteiger partial charge in [-0.15, -0.1) is 0 Å². The van der Waals surface area contributed by atoms with E-state index in [4.69, 9.17) is 0 Å². The highest BCUT2D eigenvalue weighted by Gasteiger charge is 2.30. The third-order valence-corrected chi connectivity index (χ3v) is 3.83. The van der Waals surface area contributed by atoms with Crippen molar-refractivity contribution in [3.05, 3.63) is 41.6 Å². The average Bonchev–Trinajstić information content (AvgIpc) is 3.08. The first-order valence-electron chi connectivity index (χ1n) is 7.39. The van der Waals surface area contributed by atoms with Gasteiger partial charge in [0.25, 0.3) is 0 Å². The van der Waals surface area contributed by atoms with Gasteiger partial charge in [0.15, 0.2) is 5.82 Å². The van der Waals surface area contributed by atoms with E-state index in [1.54, 1.807) is 6.07 Å². The lowest BCUT2D eigenvalue weighted by Gasteiger charge is -2.18. The zero-order chi connectivity index (χ0) is 16.4. The molecule has 0 saturated carbocycles. The molecule has 1 saturated heterocycles. The predicted octanol–water partition coefficient (Wildman–Crippen LogP) is 3.25. The number of halogens is 3. The summed E-state index contributed by atoms with van der Waals surface area (Å²) < 4.78 is 37.9. The van der Waals surface area contributed by atoms with Gasteiger partial charge in [0.2, 0.25) is 0 Å². The molecule has 1 N–H and O–H groups in total. The number of aliphatic hydroxyl groups is 1. The second-order valence-electron chi connectivity index (χ2n) is 5.47. The first-order valence-corrected chi connectivity index (χ1v) is 7.39. The Bertz CT molecular complexity index is 680. The molecule has 0 atom stereocenters. The number of aromatic nitrogens is 2. The summed E-state index contributed by atoms with van der Waals surface area (Å²) in [6.45, 7) is 1.53. The highest BCUT2D eigenvalue weighted by atomic mass is 19.4. The van der Waals surface area contributed by atoms with E-state index in [0.717, 1.165) is 38.1 Å². The van der Waals surface area contributed by atoms with Gasteiger partial charge < -0.3 is 10.0 Å². The lowest BCUT2D eigenvalue weighted by Crippen LogP contribution is -2.20. The van der Waals surface area contributed by atoms with Crippen LogP contribution in [0.1, 0.15) is 24.1 Å². The molecule has 0 unspecified atom stereocenters. The molecule has 1 aromatic carbocycles. The molecule has 1 aromatic heterocycles. The zero-order valence-corrected chi connectivity index (χ0v) is 12.3. The number of rotatable bonds is 3. The maximum atomic E-state index is 12.6. The number of nitrogens with zero attached hydrogens (tertiary/aromatic N) is 3. The summed E-state index contributed by atoms with van der Waals surface area (Å²) in [6.07, 6.45) is -2.21. The standard InChI is InChI=1S/C16H16F3N3O/c17-16(18,19)12-5-3-11(4-6-12)15-20-13(10-23)9-14(21-15)22-7-1-2-8-22/h3-6,9,23H,1-2,7-8,10H2. The summed E-state index contributed by atoms with van der Waals surface area (Å²) in [4.78, 5) is 10.8. The van der Waals surface area contributed by atoms with Crippen molar-refractivity contribution < 1.29 is 18.3 Å². The van der Waals surface area contributed by atoms with Crippen LogP contribution in [0.3, 0.4) is 0 Å². The molecule has 2 aromatic rings. The molecule has 0 aliphatic carbocycles. The van der Waals surface area contributed by atoms with E-state index in [2.05, 4.69) is 14.9 Å². The molecule has 0 amide bonds. The SMILES string of the molecule is OCc1cc(N2CCCC2)nc(-c2ccc(C(F)(F)F)cc2)n1. The highest BCUT2D eigenvalue weighted by molar-refractivity contribution is 5.58. The largest absolute Gasteiger partial charge is 0.416 e. The summed E-state index contributed by atoms with van der Waals surface area (Å²) >= 11 is 0. The van der Waals surface area contributed by atoms with Crippen molar-refractivity contribution in [3.63, 3.8) is 0 Å². The van der Waals surface area contributed by atoms with E-state index in [9.17, 15) is 18.3 Å². The quantitative estimate of drug-likeness (QED) is 0.942. The Morgan fingerprint density at radius 3 is 2.26 bits per heavy atom. The van der Waals surface area contributed by atoms with Crippen LogP contribution in [0.2, 0.25) is 0 Å². The summed E-state index contributed by atoms with van der Waals surface area (Å²) in [5.74, 6) is 1.03. The van der Waals surface area contributed by atoms with E-state index >= 15 is 0 Å². The molecule has 0 radical (unpaired) electrons. The molecule has 7 heteroatoms. The molecule has 122 valence electrons. The fraction of sp³-hybridized carbons (Fsp3) is 0.375. The molecule has 0 spiro atoms. The second-order valence-corrected chi connectivity index (χ2v) is 5.47. The van der Waals surface area contributed by atoms with E-state index in [1.165, 1.54) is 12.1 Å². The number of alkyl halides is 3. The van der Waals surface area contributed by atoms with Gasteiger partial charge in [-0.25, -0.2) is 9.97 Å². The third kappa shape index (κ3) is 3.44. The van der Waals surface area contributed by atoms with Gasteiger partial charge in [0.1, 0.15) is 5.82 Å². The Balaban J connectivity index is 1.96. The molecule has 1 aliphatic heterocycles.